The Balaban J connectivity index is 2.07. The summed E-state index contributed by atoms with van der Waals surface area (Å²) in [5, 5.41) is 3.28. The molecule has 3 N–H and O–H groups in total. The molecule has 0 aromatic heterocycles. The Morgan fingerprint density at radius 3 is 2.75 bits per heavy atom. The monoisotopic (exact) mass is 165 g/mol. The fourth-order valence-corrected chi connectivity index (χ4v) is 1.70. The highest BCUT2D eigenvalue weighted by molar-refractivity contribution is 5.28. The summed E-state index contributed by atoms with van der Waals surface area (Å²) in [4.78, 5) is 0. The Hall–Kier alpha value is -0.800. The summed E-state index contributed by atoms with van der Waals surface area (Å²) >= 11 is 0. The number of rotatable bonds is 1. The molecule has 1 fully saturated rings. The van der Waals surface area contributed by atoms with Crippen LogP contribution in [0.15, 0.2) is 23.4 Å². The van der Waals surface area contributed by atoms with Crippen molar-refractivity contribution in [3.63, 3.8) is 0 Å². The molecule has 2 aliphatic rings. The lowest BCUT2D eigenvalue weighted by Crippen LogP contribution is -2.22. The largest absolute Gasteiger partial charge is 0.387 e. The summed E-state index contributed by atoms with van der Waals surface area (Å²) < 4.78 is 0. The van der Waals surface area contributed by atoms with Gasteiger partial charge in [-0.15, -0.1) is 0 Å². The highest BCUT2D eigenvalue weighted by atomic mass is 15.4. The summed E-state index contributed by atoms with van der Waals surface area (Å²) in [6.45, 7) is 5.24. The quantitative estimate of drug-likeness (QED) is 0.517. The van der Waals surface area contributed by atoms with Gasteiger partial charge >= 0.3 is 0 Å². The molecule has 0 aromatic carbocycles. The molecule has 0 spiro atoms. The van der Waals surface area contributed by atoms with E-state index in [2.05, 4.69) is 35.4 Å². The van der Waals surface area contributed by atoms with E-state index in [1.165, 1.54) is 11.1 Å². The standard InChI is InChI=1S/C9H15N3/c1-7-2-8(4-10-3-7)9-5-11-12-6-9/h2-3,9-12H,4-6H2,1H3. The lowest BCUT2D eigenvalue weighted by Gasteiger charge is -2.17. The normalized spacial score (nSPS) is 24.8. The minimum Gasteiger partial charge on any atom is -0.387 e. The second-order valence-corrected chi connectivity index (χ2v) is 3.45. The van der Waals surface area contributed by atoms with E-state index in [1.54, 1.807) is 0 Å². The molecule has 0 radical (unpaired) electrons. The van der Waals surface area contributed by atoms with Gasteiger partial charge in [0.05, 0.1) is 0 Å². The van der Waals surface area contributed by atoms with Crippen LogP contribution in [0.5, 0.6) is 0 Å². The van der Waals surface area contributed by atoms with E-state index in [9.17, 15) is 0 Å². The van der Waals surface area contributed by atoms with Crippen molar-refractivity contribution in [3.8, 4) is 0 Å². The van der Waals surface area contributed by atoms with Crippen molar-refractivity contribution >= 4 is 0 Å². The molecule has 0 saturated carbocycles. The smallest absolute Gasteiger partial charge is 0.0361 e. The molecular weight excluding hydrogens is 150 g/mol. The molecule has 12 heavy (non-hydrogen) atoms. The van der Waals surface area contributed by atoms with Gasteiger partial charge in [0.2, 0.25) is 0 Å². The van der Waals surface area contributed by atoms with Crippen molar-refractivity contribution in [1.29, 1.82) is 0 Å². The number of hydrazine groups is 1. The Kier molecular flexibility index (Phi) is 2.15. The van der Waals surface area contributed by atoms with Crippen LogP contribution in [0.2, 0.25) is 0 Å². The third-order valence-electron chi connectivity index (χ3n) is 2.40. The highest BCUT2D eigenvalue weighted by Gasteiger charge is 2.19. The van der Waals surface area contributed by atoms with Crippen LogP contribution in [0.1, 0.15) is 6.92 Å². The van der Waals surface area contributed by atoms with Crippen molar-refractivity contribution < 1.29 is 0 Å². The molecular formula is C9H15N3. The van der Waals surface area contributed by atoms with E-state index >= 15 is 0 Å². The molecule has 3 heteroatoms. The predicted octanol–water partition coefficient (Wildman–Crippen LogP) is 0.144. The van der Waals surface area contributed by atoms with Crippen LogP contribution in [0.3, 0.4) is 0 Å². The van der Waals surface area contributed by atoms with Gasteiger partial charge in [-0.1, -0.05) is 6.08 Å². The topological polar surface area (TPSA) is 36.1 Å². The molecule has 2 rings (SSSR count). The van der Waals surface area contributed by atoms with Crippen LogP contribution >= 0.6 is 0 Å². The SMILES string of the molecule is CC1=CNCC(C2CNNC2)=C1. The zero-order chi connectivity index (χ0) is 8.39. The first kappa shape index (κ1) is 7.83. The van der Waals surface area contributed by atoms with Crippen LogP contribution in [-0.4, -0.2) is 19.6 Å². The number of hydrogen-bond donors (Lipinski definition) is 3. The van der Waals surface area contributed by atoms with Crippen LogP contribution in [0, 0.1) is 5.92 Å². The Morgan fingerprint density at radius 1 is 1.33 bits per heavy atom. The first-order valence-electron chi connectivity index (χ1n) is 4.42. The molecule has 66 valence electrons. The third kappa shape index (κ3) is 1.52. The summed E-state index contributed by atoms with van der Waals surface area (Å²) in [7, 11) is 0. The lowest BCUT2D eigenvalue weighted by atomic mass is 9.96. The lowest BCUT2D eigenvalue weighted by molar-refractivity contribution is 0.671. The zero-order valence-electron chi connectivity index (χ0n) is 7.35. The molecule has 1 saturated heterocycles. The molecule has 0 bridgehead atoms. The van der Waals surface area contributed by atoms with E-state index in [0.717, 1.165) is 19.6 Å². The van der Waals surface area contributed by atoms with Gasteiger partial charge in [-0.2, -0.15) is 0 Å². The van der Waals surface area contributed by atoms with Crippen LogP contribution in [0.25, 0.3) is 0 Å². The Labute approximate surface area is 72.9 Å². The average molecular weight is 165 g/mol. The second kappa shape index (κ2) is 3.29. The van der Waals surface area contributed by atoms with E-state index in [4.69, 9.17) is 0 Å². The Bertz CT molecular complexity index is 224. The highest BCUT2D eigenvalue weighted by Crippen LogP contribution is 2.16. The van der Waals surface area contributed by atoms with Crippen molar-refractivity contribution in [2.75, 3.05) is 19.6 Å². The minimum absolute atomic E-state index is 0.668. The van der Waals surface area contributed by atoms with Crippen LogP contribution in [0.4, 0.5) is 0 Å². The van der Waals surface area contributed by atoms with E-state index in [0.29, 0.717) is 5.92 Å². The predicted molar refractivity (Wildman–Crippen MR) is 49.3 cm³/mol. The molecule has 3 nitrogen and oxygen atoms in total. The average Bonchev–Trinajstić information content (AvgIpc) is 2.56. The number of hydrogen-bond acceptors (Lipinski definition) is 3. The molecule has 2 heterocycles. The molecule has 0 atom stereocenters. The summed E-state index contributed by atoms with van der Waals surface area (Å²) in [6.07, 6.45) is 4.36. The molecule has 0 aromatic rings. The molecule has 0 amide bonds. The van der Waals surface area contributed by atoms with Crippen molar-refractivity contribution in [2.45, 2.75) is 6.92 Å². The molecule has 0 unspecified atom stereocenters. The number of nitrogens with one attached hydrogen (secondary N) is 3. The van der Waals surface area contributed by atoms with Gasteiger partial charge in [0.25, 0.3) is 0 Å². The van der Waals surface area contributed by atoms with Crippen molar-refractivity contribution in [3.05, 3.63) is 23.4 Å². The van der Waals surface area contributed by atoms with Gasteiger partial charge in [-0.25, -0.2) is 0 Å². The molecule has 0 aliphatic carbocycles. The third-order valence-corrected chi connectivity index (χ3v) is 2.40. The maximum atomic E-state index is 3.28. The summed E-state index contributed by atoms with van der Waals surface area (Å²) in [6, 6.07) is 0. The second-order valence-electron chi connectivity index (χ2n) is 3.45. The van der Waals surface area contributed by atoms with E-state index in [-0.39, 0.29) is 0 Å². The van der Waals surface area contributed by atoms with E-state index < -0.39 is 0 Å². The fourth-order valence-electron chi connectivity index (χ4n) is 1.70. The van der Waals surface area contributed by atoms with Gasteiger partial charge in [0.15, 0.2) is 0 Å². The van der Waals surface area contributed by atoms with Gasteiger partial charge < -0.3 is 5.32 Å². The Morgan fingerprint density at radius 2 is 2.08 bits per heavy atom. The fraction of sp³-hybridized carbons (Fsp3) is 0.556. The first-order chi connectivity index (χ1) is 5.86. The maximum Gasteiger partial charge on any atom is 0.0361 e. The number of allylic oxidation sites excluding steroid dienone is 2. The van der Waals surface area contributed by atoms with Gasteiger partial charge in [-0.3, -0.25) is 10.9 Å². The van der Waals surface area contributed by atoms with Crippen molar-refractivity contribution in [2.24, 2.45) is 5.92 Å². The van der Waals surface area contributed by atoms with Crippen LogP contribution in [-0.2, 0) is 0 Å². The summed E-state index contributed by atoms with van der Waals surface area (Å²) in [5.41, 5.74) is 9.12. The molecule has 2 aliphatic heterocycles. The van der Waals surface area contributed by atoms with E-state index in [1.807, 2.05) is 0 Å². The summed E-state index contributed by atoms with van der Waals surface area (Å²) in [5.74, 6) is 0.668. The van der Waals surface area contributed by atoms with Crippen molar-refractivity contribution in [1.82, 2.24) is 16.2 Å². The van der Waals surface area contributed by atoms with Crippen LogP contribution < -0.4 is 16.2 Å². The van der Waals surface area contributed by atoms with Gasteiger partial charge in [0, 0.05) is 25.6 Å². The first-order valence-corrected chi connectivity index (χ1v) is 4.42. The maximum absolute atomic E-state index is 3.28. The van der Waals surface area contributed by atoms with Gasteiger partial charge in [0.1, 0.15) is 0 Å². The zero-order valence-corrected chi connectivity index (χ0v) is 7.35. The van der Waals surface area contributed by atoms with Gasteiger partial charge in [-0.05, 0) is 24.3 Å². The minimum atomic E-state index is 0.668. The number of dihydropyridines is 1.